The van der Waals surface area contributed by atoms with E-state index >= 15 is 0 Å². The minimum absolute atomic E-state index is 0.196. The Morgan fingerprint density at radius 1 is 0.561 bits per heavy atom. The zero-order valence-electron chi connectivity index (χ0n) is 22.1. The zero-order valence-corrected chi connectivity index (χ0v) is 22.1. The molecule has 0 fully saturated rings. The Hall–Kier alpha value is -5.56. The van der Waals surface area contributed by atoms with Gasteiger partial charge < -0.3 is 14.2 Å². The number of carbonyl (C=O) groups excluding carboxylic acids is 2. The number of hydrogen-bond acceptors (Lipinski definition) is 5. The lowest BCUT2D eigenvalue weighted by molar-refractivity contribution is 0.208. The van der Waals surface area contributed by atoms with Gasteiger partial charge in [-0.25, -0.2) is 19.4 Å². The van der Waals surface area contributed by atoms with Gasteiger partial charge in [-0.2, -0.15) is 0 Å². The molecule has 0 aromatic heterocycles. The molecule has 0 unspecified atom stereocenters. The van der Waals surface area contributed by atoms with Gasteiger partial charge in [0.25, 0.3) is 0 Å². The summed E-state index contributed by atoms with van der Waals surface area (Å²) in [6.07, 6.45) is -0.661. The lowest BCUT2D eigenvalue weighted by Gasteiger charge is -2.24. The number of carbonyl (C=O) groups is 2. The second-order valence-electron chi connectivity index (χ2n) is 9.25. The van der Waals surface area contributed by atoms with Crippen LogP contribution in [0.25, 0.3) is 0 Å². The van der Waals surface area contributed by atoms with E-state index in [1.165, 1.54) is 9.80 Å². The fraction of sp³-hybridized carbons (Fsp3) is 0.0588. The predicted octanol–water partition coefficient (Wildman–Crippen LogP) is 8.30. The summed E-state index contributed by atoms with van der Waals surface area (Å²) in [4.78, 5) is 30.2. The molecule has 0 saturated heterocycles. The number of benzene rings is 5. The molecule has 5 aromatic carbocycles. The SMILES string of the molecule is O=C(Oc1cc2c(c(OC(=O)N(c3ccccc3)c3ccccc3)c1)CCO2)N(c1ccccc1)c1ccccc1. The molecule has 1 aliphatic heterocycles. The minimum Gasteiger partial charge on any atom is -0.493 e. The van der Waals surface area contributed by atoms with Crippen LogP contribution in [0.2, 0.25) is 0 Å². The predicted molar refractivity (Wildman–Crippen MR) is 158 cm³/mol. The van der Waals surface area contributed by atoms with Gasteiger partial charge in [0, 0.05) is 24.1 Å². The molecule has 0 spiro atoms. The second kappa shape index (κ2) is 11.7. The smallest absolute Gasteiger partial charge is 0.424 e. The van der Waals surface area contributed by atoms with Crippen LogP contribution in [0.1, 0.15) is 5.56 Å². The first kappa shape index (κ1) is 25.7. The van der Waals surface area contributed by atoms with Gasteiger partial charge in [-0.3, -0.25) is 0 Å². The monoisotopic (exact) mass is 542 g/mol. The van der Waals surface area contributed by atoms with E-state index in [0.717, 1.165) is 5.56 Å². The summed E-state index contributed by atoms with van der Waals surface area (Å²) in [6.45, 7) is 0.429. The van der Waals surface area contributed by atoms with Crippen molar-refractivity contribution in [3.8, 4) is 17.2 Å². The average Bonchev–Trinajstić information content (AvgIpc) is 3.49. The summed E-state index contributed by atoms with van der Waals surface area (Å²) in [5.41, 5.74) is 3.34. The summed E-state index contributed by atoms with van der Waals surface area (Å²) in [7, 11) is 0. The maximum atomic E-state index is 13.7. The molecule has 41 heavy (non-hydrogen) atoms. The van der Waals surface area contributed by atoms with Gasteiger partial charge in [0.15, 0.2) is 0 Å². The molecule has 1 aliphatic rings. The maximum Gasteiger partial charge on any atom is 0.424 e. The largest absolute Gasteiger partial charge is 0.493 e. The van der Waals surface area contributed by atoms with Crippen molar-refractivity contribution >= 4 is 34.9 Å². The van der Waals surface area contributed by atoms with E-state index < -0.39 is 12.2 Å². The quantitative estimate of drug-likeness (QED) is 0.216. The van der Waals surface area contributed by atoms with Crippen molar-refractivity contribution in [3.63, 3.8) is 0 Å². The summed E-state index contributed by atoms with van der Waals surface area (Å²) in [5.74, 6) is 0.979. The first-order valence-electron chi connectivity index (χ1n) is 13.2. The molecule has 0 radical (unpaired) electrons. The van der Waals surface area contributed by atoms with E-state index in [1.807, 2.05) is 121 Å². The van der Waals surface area contributed by atoms with Gasteiger partial charge in [-0.05, 0) is 48.5 Å². The van der Waals surface area contributed by atoms with E-state index in [-0.39, 0.29) is 11.5 Å². The number of hydrogen-bond donors (Lipinski definition) is 0. The van der Waals surface area contributed by atoms with Crippen LogP contribution >= 0.6 is 0 Å². The fourth-order valence-corrected chi connectivity index (χ4v) is 4.70. The Morgan fingerprint density at radius 2 is 0.976 bits per heavy atom. The van der Waals surface area contributed by atoms with Crippen LogP contribution in [-0.2, 0) is 6.42 Å². The molecule has 2 amide bonds. The molecule has 0 atom stereocenters. The van der Waals surface area contributed by atoms with Crippen LogP contribution in [0.5, 0.6) is 17.2 Å². The molecule has 0 saturated carbocycles. The molecular formula is C34H26N2O5. The molecule has 5 aromatic rings. The van der Waals surface area contributed by atoms with Gasteiger partial charge in [-0.1, -0.05) is 72.8 Å². The minimum atomic E-state index is -0.618. The number of para-hydroxylation sites is 4. The topological polar surface area (TPSA) is 68.3 Å². The molecule has 7 nitrogen and oxygen atoms in total. The van der Waals surface area contributed by atoms with Gasteiger partial charge in [0.05, 0.1) is 29.4 Å². The van der Waals surface area contributed by atoms with Crippen molar-refractivity contribution in [2.75, 3.05) is 16.4 Å². The van der Waals surface area contributed by atoms with Crippen molar-refractivity contribution in [3.05, 3.63) is 139 Å². The van der Waals surface area contributed by atoms with Crippen molar-refractivity contribution in [2.24, 2.45) is 0 Å². The highest BCUT2D eigenvalue weighted by molar-refractivity contribution is 5.98. The number of fused-ring (bicyclic) bond motifs is 1. The number of ether oxygens (including phenoxy) is 3. The Balaban J connectivity index is 1.32. The molecular weight excluding hydrogens is 516 g/mol. The van der Waals surface area contributed by atoms with Crippen LogP contribution in [0, 0.1) is 0 Å². The lowest BCUT2D eigenvalue weighted by Crippen LogP contribution is -2.30. The molecule has 0 N–H and O–H groups in total. The highest BCUT2D eigenvalue weighted by Crippen LogP contribution is 2.39. The molecule has 6 rings (SSSR count). The number of nitrogens with zero attached hydrogens (tertiary/aromatic N) is 2. The summed E-state index contributed by atoms with van der Waals surface area (Å²) in [6, 6.07) is 40.2. The Morgan fingerprint density at radius 3 is 1.41 bits per heavy atom. The third kappa shape index (κ3) is 5.60. The van der Waals surface area contributed by atoms with Gasteiger partial charge in [0.1, 0.15) is 17.2 Å². The van der Waals surface area contributed by atoms with E-state index in [2.05, 4.69) is 0 Å². The highest BCUT2D eigenvalue weighted by atomic mass is 16.6. The van der Waals surface area contributed by atoms with Gasteiger partial charge in [0.2, 0.25) is 0 Å². The summed E-state index contributed by atoms with van der Waals surface area (Å²) >= 11 is 0. The van der Waals surface area contributed by atoms with E-state index in [4.69, 9.17) is 14.2 Å². The van der Waals surface area contributed by atoms with E-state index in [0.29, 0.717) is 41.5 Å². The molecule has 202 valence electrons. The van der Waals surface area contributed by atoms with Crippen LogP contribution in [0.15, 0.2) is 133 Å². The van der Waals surface area contributed by atoms with E-state index in [1.54, 1.807) is 12.1 Å². The lowest BCUT2D eigenvalue weighted by atomic mass is 10.1. The molecule has 7 heteroatoms. The molecule has 0 aliphatic carbocycles. The third-order valence-corrected chi connectivity index (χ3v) is 6.58. The van der Waals surface area contributed by atoms with Crippen LogP contribution < -0.4 is 24.0 Å². The van der Waals surface area contributed by atoms with Gasteiger partial charge >= 0.3 is 12.2 Å². The van der Waals surface area contributed by atoms with Crippen LogP contribution in [0.3, 0.4) is 0 Å². The Bertz CT molecular complexity index is 1570. The normalized spacial score (nSPS) is 11.6. The first-order chi connectivity index (χ1) is 20.2. The Labute approximate surface area is 237 Å². The molecule has 1 heterocycles. The van der Waals surface area contributed by atoms with Crippen LogP contribution in [-0.4, -0.2) is 18.8 Å². The summed E-state index contributed by atoms with van der Waals surface area (Å²) < 4.78 is 17.6. The molecule has 0 bridgehead atoms. The van der Waals surface area contributed by atoms with Crippen molar-refractivity contribution in [1.29, 1.82) is 0 Å². The second-order valence-corrected chi connectivity index (χ2v) is 9.25. The first-order valence-corrected chi connectivity index (χ1v) is 13.2. The van der Waals surface area contributed by atoms with Gasteiger partial charge in [-0.15, -0.1) is 0 Å². The standard InChI is InChI=1S/C34H26N2O5/c37-33(35(25-13-5-1-6-14-25)26-15-7-2-8-16-26)40-29-23-31-30(21-22-39-31)32(24-29)41-34(38)36(27-17-9-3-10-18-27)28-19-11-4-12-20-28/h1-20,23-24H,21-22H2. The maximum absolute atomic E-state index is 13.7. The van der Waals surface area contributed by atoms with Crippen molar-refractivity contribution in [2.45, 2.75) is 6.42 Å². The average molecular weight is 543 g/mol. The zero-order chi connectivity index (χ0) is 28.0. The van der Waals surface area contributed by atoms with Crippen molar-refractivity contribution in [1.82, 2.24) is 0 Å². The Kier molecular flexibility index (Phi) is 7.32. The number of anilines is 4. The van der Waals surface area contributed by atoms with Crippen LogP contribution in [0.4, 0.5) is 32.3 Å². The number of amides is 2. The van der Waals surface area contributed by atoms with E-state index in [9.17, 15) is 9.59 Å². The fourth-order valence-electron chi connectivity index (χ4n) is 4.70. The highest BCUT2D eigenvalue weighted by Gasteiger charge is 2.27. The van der Waals surface area contributed by atoms with Crippen molar-refractivity contribution < 1.29 is 23.8 Å². The summed E-state index contributed by atoms with van der Waals surface area (Å²) in [5, 5.41) is 0. The third-order valence-electron chi connectivity index (χ3n) is 6.58. The number of rotatable bonds is 6.